The van der Waals surface area contributed by atoms with Gasteiger partial charge in [0.1, 0.15) is 17.1 Å². The normalized spacial score (nSPS) is 10.9. The Morgan fingerprint density at radius 3 is 1.69 bits per heavy atom. The van der Waals surface area contributed by atoms with E-state index in [2.05, 4.69) is 6.07 Å². The Morgan fingerprint density at radius 1 is 0.800 bits per heavy atom. The van der Waals surface area contributed by atoms with Gasteiger partial charge >= 0.3 is 0 Å². The molecule has 4 heteroatoms. The van der Waals surface area contributed by atoms with Crippen molar-refractivity contribution >= 4 is 33.9 Å². The maximum atomic E-state index is 13.9. The summed E-state index contributed by atoms with van der Waals surface area (Å²) in [4.78, 5) is 13.9. The molecule has 0 atom stereocenters. The molecular formula is C31H28NO2P. The number of carbonyl (C=O) groups is 1. The van der Waals surface area contributed by atoms with Crippen molar-refractivity contribution in [1.82, 2.24) is 0 Å². The highest BCUT2D eigenvalue weighted by molar-refractivity contribution is 7.96. The maximum Gasteiger partial charge on any atom is 0.174 e. The number of Topliss-reactive ketones (excluding diaryl/α,β-unsaturated/α-hetero) is 1. The molecule has 174 valence electrons. The molecule has 0 heterocycles. The van der Waals surface area contributed by atoms with Crippen LogP contribution in [0.2, 0.25) is 0 Å². The van der Waals surface area contributed by atoms with Crippen LogP contribution >= 0.6 is 6.89 Å². The van der Waals surface area contributed by atoms with E-state index < -0.39 is 6.89 Å². The van der Waals surface area contributed by atoms with Gasteiger partial charge in [-0.2, -0.15) is 5.26 Å². The molecule has 0 N–H and O–H groups in total. The number of methoxy groups -OCH3 is 1. The SMILES string of the molecule is COc1ccc(CCC(=O)C(C#N)=P(c2ccccc2)(c2ccccc2)c2ccccc2)cc1C. The predicted molar refractivity (Wildman–Crippen MR) is 147 cm³/mol. The summed E-state index contributed by atoms with van der Waals surface area (Å²) < 4.78 is 5.36. The van der Waals surface area contributed by atoms with Gasteiger partial charge in [-0.3, -0.25) is 4.79 Å². The number of hydrogen-bond donors (Lipinski definition) is 0. The van der Waals surface area contributed by atoms with Gasteiger partial charge in [0.15, 0.2) is 5.78 Å². The quantitative estimate of drug-likeness (QED) is 0.328. The molecule has 35 heavy (non-hydrogen) atoms. The Hall–Kier alpha value is -3.86. The summed E-state index contributed by atoms with van der Waals surface area (Å²) in [6.45, 7) is -0.683. The second-order valence-electron chi connectivity index (χ2n) is 8.37. The highest BCUT2D eigenvalue weighted by atomic mass is 31.2. The fraction of sp³-hybridized carbons (Fsp3) is 0.129. The zero-order valence-corrected chi connectivity index (χ0v) is 20.9. The molecule has 0 aromatic heterocycles. The summed E-state index contributed by atoms with van der Waals surface area (Å²) in [6, 6.07) is 38.4. The van der Waals surface area contributed by atoms with E-state index in [9.17, 15) is 10.1 Å². The second-order valence-corrected chi connectivity index (χ2v) is 11.7. The lowest BCUT2D eigenvalue weighted by Gasteiger charge is -2.30. The van der Waals surface area contributed by atoms with Crippen LogP contribution in [0.1, 0.15) is 17.5 Å². The van der Waals surface area contributed by atoms with E-state index in [1.807, 2.05) is 116 Å². The summed E-state index contributed by atoms with van der Waals surface area (Å²) in [5.41, 5.74) is 2.08. The molecule has 0 radical (unpaired) electrons. The van der Waals surface area contributed by atoms with E-state index in [0.29, 0.717) is 11.7 Å². The third kappa shape index (κ3) is 4.85. The molecule has 0 aliphatic rings. The molecule has 4 rings (SSSR count). The van der Waals surface area contributed by atoms with Crippen molar-refractivity contribution in [3.05, 3.63) is 120 Å². The second kappa shape index (κ2) is 11.0. The summed E-state index contributed by atoms with van der Waals surface area (Å²) in [7, 11) is 1.65. The van der Waals surface area contributed by atoms with Crippen molar-refractivity contribution in [3.8, 4) is 11.8 Å². The van der Waals surface area contributed by atoms with E-state index in [1.54, 1.807) is 7.11 Å². The lowest BCUT2D eigenvalue weighted by Crippen LogP contribution is -2.33. The van der Waals surface area contributed by atoms with Crippen LogP contribution in [0, 0.1) is 18.3 Å². The van der Waals surface area contributed by atoms with E-state index in [1.165, 1.54) is 0 Å². The molecule has 0 saturated carbocycles. The number of ether oxygens (including phenoxy) is 1. The zero-order valence-electron chi connectivity index (χ0n) is 20.0. The summed E-state index contributed by atoms with van der Waals surface area (Å²) in [5.74, 6) is 0.720. The number of rotatable bonds is 8. The lowest BCUT2D eigenvalue weighted by atomic mass is 10.0. The van der Waals surface area contributed by atoms with Crippen molar-refractivity contribution in [1.29, 1.82) is 5.26 Å². The molecule has 4 aromatic rings. The predicted octanol–water partition coefficient (Wildman–Crippen LogP) is 5.20. The van der Waals surface area contributed by atoms with E-state index in [0.717, 1.165) is 32.8 Å². The highest BCUT2D eigenvalue weighted by Crippen LogP contribution is 2.46. The fourth-order valence-corrected chi connectivity index (χ4v) is 8.75. The Bertz CT molecular complexity index is 1300. The van der Waals surface area contributed by atoms with Crippen LogP contribution in [0.5, 0.6) is 5.75 Å². The van der Waals surface area contributed by atoms with Crippen LogP contribution in [0.3, 0.4) is 0 Å². The third-order valence-corrected chi connectivity index (χ3v) is 10.5. The topological polar surface area (TPSA) is 50.1 Å². The highest BCUT2D eigenvalue weighted by Gasteiger charge is 2.33. The van der Waals surface area contributed by atoms with Crippen molar-refractivity contribution in [2.45, 2.75) is 19.8 Å². The molecular weight excluding hydrogens is 449 g/mol. The number of nitriles is 1. The standard InChI is InChI=1S/C31H28NO2P/c1-24-22-25(19-21-30(24)34-2)18-20-29(33)31(23-32)35(26-12-6-3-7-13-26,27-14-8-4-9-15-27)28-16-10-5-11-17-28/h3-17,19,21-22H,18,20H2,1-2H3. The molecule has 0 amide bonds. The van der Waals surface area contributed by atoms with Crippen molar-refractivity contribution < 1.29 is 9.53 Å². The lowest BCUT2D eigenvalue weighted by molar-refractivity contribution is -0.112. The van der Waals surface area contributed by atoms with E-state index in [4.69, 9.17) is 4.74 Å². The van der Waals surface area contributed by atoms with Crippen LogP contribution in [-0.4, -0.2) is 18.2 Å². The number of aryl methyl sites for hydroxylation is 2. The van der Waals surface area contributed by atoms with Crippen molar-refractivity contribution in [2.75, 3.05) is 7.11 Å². The van der Waals surface area contributed by atoms with Crippen molar-refractivity contribution in [2.24, 2.45) is 0 Å². The van der Waals surface area contributed by atoms with Crippen LogP contribution in [0.15, 0.2) is 109 Å². The first-order valence-corrected chi connectivity index (χ1v) is 13.4. The van der Waals surface area contributed by atoms with Gasteiger partial charge in [-0.25, -0.2) is 0 Å². The molecule has 0 fully saturated rings. The number of hydrogen-bond acceptors (Lipinski definition) is 3. The van der Waals surface area contributed by atoms with Gasteiger partial charge in [-0.1, -0.05) is 103 Å². The van der Waals surface area contributed by atoms with E-state index in [-0.39, 0.29) is 12.2 Å². The smallest absolute Gasteiger partial charge is 0.174 e. The maximum absolute atomic E-state index is 13.9. The Morgan fingerprint density at radius 2 is 1.29 bits per heavy atom. The molecule has 0 aliphatic heterocycles. The molecule has 4 aromatic carbocycles. The molecule has 0 aliphatic carbocycles. The molecule has 0 spiro atoms. The van der Waals surface area contributed by atoms with Gasteiger partial charge in [0.25, 0.3) is 0 Å². The summed E-state index contributed by atoms with van der Waals surface area (Å²) in [5, 5.41) is 13.9. The molecule has 0 unspecified atom stereocenters. The third-order valence-electron chi connectivity index (χ3n) is 6.24. The van der Waals surface area contributed by atoms with Crippen molar-refractivity contribution in [3.63, 3.8) is 0 Å². The first kappa shape index (κ1) is 24.3. The average molecular weight is 478 g/mol. The van der Waals surface area contributed by atoms with Gasteiger partial charge < -0.3 is 4.74 Å². The molecule has 3 nitrogen and oxygen atoms in total. The first-order chi connectivity index (χ1) is 17.1. The largest absolute Gasteiger partial charge is 0.496 e. The number of benzene rings is 4. The van der Waals surface area contributed by atoms with Gasteiger partial charge in [-0.05, 0) is 53.3 Å². The summed E-state index contributed by atoms with van der Waals surface area (Å²) >= 11 is 0. The minimum atomic E-state index is -2.68. The minimum Gasteiger partial charge on any atom is -0.496 e. The number of carbonyl (C=O) groups excluding carboxylic acids is 1. The van der Waals surface area contributed by atoms with Gasteiger partial charge in [0, 0.05) is 6.42 Å². The zero-order chi connectivity index (χ0) is 24.7. The number of nitrogens with zero attached hydrogens (tertiary/aromatic N) is 1. The Balaban J connectivity index is 1.91. The molecule has 0 saturated heterocycles. The van der Waals surface area contributed by atoms with Gasteiger partial charge in [0.2, 0.25) is 0 Å². The van der Waals surface area contributed by atoms with Crippen LogP contribution < -0.4 is 20.7 Å². The van der Waals surface area contributed by atoms with Crippen LogP contribution in [-0.2, 0) is 11.2 Å². The Kier molecular flexibility index (Phi) is 7.66. The van der Waals surface area contributed by atoms with E-state index >= 15 is 0 Å². The monoisotopic (exact) mass is 477 g/mol. The van der Waals surface area contributed by atoms with Gasteiger partial charge in [-0.15, -0.1) is 0 Å². The van der Waals surface area contributed by atoms with Crippen LogP contribution in [0.25, 0.3) is 0 Å². The first-order valence-electron chi connectivity index (χ1n) is 11.6. The molecule has 0 bridgehead atoms. The van der Waals surface area contributed by atoms with Crippen LogP contribution in [0.4, 0.5) is 0 Å². The minimum absolute atomic E-state index is 0.106. The van der Waals surface area contributed by atoms with Gasteiger partial charge in [0.05, 0.1) is 7.11 Å². The average Bonchev–Trinajstić information content (AvgIpc) is 2.92. The number of ketones is 1. The fourth-order valence-electron chi connectivity index (χ4n) is 4.59. The summed E-state index contributed by atoms with van der Waals surface area (Å²) in [6.07, 6.45) is 0.829. The Labute approximate surface area is 207 Å².